The Morgan fingerprint density at radius 3 is 2.36 bits per heavy atom. The van der Waals surface area contributed by atoms with Crippen molar-refractivity contribution in [2.75, 3.05) is 19.6 Å². The van der Waals surface area contributed by atoms with Crippen LogP contribution in [-0.2, 0) is 22.6 Å². The Morgan fingerprint density at radius 2 is 1.67 bits per heavy atom. The van der Waals surface area contributed by atoms with E-state index in [0.29, 0.717) is 13.1 Å². The molecule has 3 aromatic rings. The average Bonchev–Trinajstić information content (AvgIpc) is 3.34. The predicted molar refractivity (Wildman–Crippen MR) is 140 cm³/mol. The summed E-state index contributed by atoms with van der Waals surface area (Å²) in [5, 5.41) is 19.5. The van der Waals surface area contributed by atoms with Crippen molar-refractivity contribution >= 4 is 0 Å². The summed E-state index contributed by atoms with van der Waals surface area (Å²) >= 11 is 0. The normalized spacial score (nSPS) is 26.8. The Balaban J connectivity index is 1.44. The molecule has 0 bridgehead atoms. The molecule has 6 nitrogen and oxygen atoms in total. The smallest absolute Gasteiger partial charge is 0.184 e. The van der Waals surface area contributed by atoms with Gasteiger partial charge in [-0.3, -0.25) is 4.90 Å². The highest BCUT2D eigenvalue weighted by Crippen LogP contribution is 2.42. The lowest BCUT2D eigenvalue weighted by atomic mass is 9.90. The minimum atomic E-state index is -0.515. The molecule has 2 aliphatic rings. The van der Waals surface area contributed by atoms with E-state index in [-0.39, 0.29) is 30.8 Å². The Morgan fingerprint density at radius 1 is 0.917 bits per heavy atom. The quantitative estimate of drug-likeness (QED) is 0.463. The number of nitrogens with zero attached hydrogens (tertiary/aromatic N) is 1. The van der Waals surface area contributed by atoms with Gasteiger partial charge in [0.05, 0.1) is 24.9 Å². The molecule has 3 aromatic carbocycles. The highest BCUT2D eigenvalue weighted by Gasteiger charge is 2.39. The van der Waals surface area contributed by atoms with Crippen LogP contribution >= 0.6 is 0 Å². The summed E-state index contributed by atoms with van der Waals surface area (Å²) in [5.74, 6) is 0.114. The fourth-order valence-electron chi connectivity index (χ4n) is 5.30. The lowest BCUT2D eigenvalue weighted by Crippen LogP contribution is -2.44. The summed E-state index contributed by atoms with van der Waals surface area (Å²) in [6.07, 6.45) is -0.187. The summed E-state index contributed by atoms with van der Waals surface area (Å²) < 4.78 is 13.2. The van der Waals surface area contributed by atoms with Gasteiger partial charge < -0.3 is 25.4 Å². The predicted octanol–water partition coefficient (Wildman–Crippen LogP) is 4.16. The van der Waals surface area contributed by atoms with Crippen molar-refractivity contribution in [1.82, 2.24) is 4.90 Å². The topological polar surface area (TPSA) is 88.2 Å². The molecule has 0 radical (unpaired) electrons. The fourth-order valence-corrected chi connectivity index (χ4v) is 5.30. The Kier molecular flexibility index (Phi) is 7.82. The molecule has 36 heavy (non-hydrogen) atoms. The van der Waals surface area contributed by atoms with E-state index >= 15 is 0 Å². The van der Waals surface area contributed by atoms with Gasteiger partial charge in [0, 0.05) is 37.7 Å². The first-order chi connectivity index (χ1) is 17.5. The summed E-state index contributed by atoms with van der Waals surface area (Å²) in [6.45, 7) is 5.01. The van der Waals surface area contributed by atoms with Gasteiger partial charge in [-0.25, -0.2) is 0 Å². The van der Waals surface area contributed by atoms with Crippen molar-refractivity contribution in [1.29, 1.82) is 0 Å². The van der Waals surface area contributed by atoms with Gasteiger partial charge in [-0.15, -0.1) is 0 Å². The minimum absolute atomic E-state index is 0.0190. The third-order valence-corrected chi connectivity index (χ3v) is 7.46. The number of β-amino-alcohol motifs (C(OH)–C–C–N with tert-alkyl or cyclic N) is 1. The molecule has 4 N–H and O–H groups in total. The summed E-state index contributed by atoms with van der Waals surface area (Å²) in [6, 6.07) is 24.6. The molecule has 0 unspecified atom stereocenters. The number of ether oxygens (including phenoxy) is 2. The van der Waals surface area contributed by atoms with E-state index in [0.717, 1.165) is 52.9 Å². The second kappa shape index (κ2) is 11.2. The van der Waals surface area contributed by atoms with Gasteiger partial charge in [0.2, 0.25) is 0 Å². The van der Waals surface area contributed by atoms with Crippen LogP contribution in [0, 0.1) is 5.92 Å². The van der Waals surface area contributed by atoms with Gasteiger partial charge >= 0.3 is 0 Å². The maximum Gasteiger partial charge on any atom is 0.184 e. The van der Waals surface area contributed by atoms with E-state index in [2.05, 4.69) is 42.2 Å². The van der Waals surface area contributed by atoms with E-state index in [9.17, 15) is 10.2 Å². The monoisotopic (exact) mass is 488 g/mol. The lowest BCUT2D eigenvalue weighted by molar-refractivity contribution is -0.276. The second-order valence-electron chi connectivity index (χ2n) is 10.1. The number of aliphatic hydroxyl groups is 2. The van der Waals surface area contributed by atoms with Crippen molar-refractivity contribution in [2.24, 2.45) is 11.7 Å². The molecule has 2 heterocycles. The molecule has 5 atom stereocenters. The number of hydrogen-bond acceptors (Lipinski definition) is 6. The number of rotatable bonds is 7. The molecular weight excluding hydrogens is 452 g/mol. The average molecular weight is 489 g/mol. The summed E-state index contributed by atoms with van der Waals surface area (Å²) in [5.41, 5.74) is 12.1. The first kappa shape index (κ1) is 25.1. The van der Waals surface area contributed by atoms with E-state index in [1.807, 2.05) is 42.5 Å². The third-order valence-electron chi connectivity index (χ3n) is 7.46. The largest absolute Gasteiger partial charge is 0.392 e. The maximum atomic E-state index is 10.0. The van der Waals surface area contributed by atoms with Crippen LogP contribution in [-0.4, -0.2) is 47.0 Å². The molecule has 6 heteroatoms. The van der Waals surface area contributed by atoms with Crippen LogP contribution in [0.1, 0.15) is 48.0 Å². The molecular formula is C30H36N2O4. The Bertz CT molecular complexity index is 1150. The molecule has 190 valence electrons. The zero-order valence-electron chi connectivity index (χ0n) is 20.8. The van der Waals surface area contributed by atoms with Crippen LogP contribution < -0.4 is 5.73 Å². The van der Waals surface area contributed by atoms with E-state index in [1.54, 1.807) is 0 Å². The fraction of sp³-hybridized carbons (Fsp3) is 0.400. The van der Waals surface area contributed by atoms with Crippen LogP contribution in [0.5, 0.6) is 0 Å². The first-order valence-corrected chi connectivity index (χ1v) is 12.8. The van der Waals surface area contributed by atoms with Crippen LogP contribution in [0.4, 0.5) is 0 Å². The molecule has 0 saturated carbocycles. The van der Waals surface area contributed by atoms with Gasteiger partial charge in [0.15, 0.2) is 6.29 Å². The number of hydrogen-bond donors (Lipinski definition) is 3. The molecule has 0 spiro atoms. The van der Waals surface area contributed by atoms with Gasteiger partial charge in [-0.1, -0.05) is 67.6 Å². The third kappa shape index (κ3) is 5.54. The van der Waals surface area contributed by atoms with Gasteiger partial charge in [-0.2, -0.15) is 0 Å². The maximum absolute atomic E-state index is 10.0. The van der Waals surface area contributed by atoms with Crippen LogP contribution in [0.25, 0.3) is 11.1 Å². The zero-order chi connectivity index (χ0) is 25.1. The van der Waals surface area contributed by atoms with Crippen LogP contribution in [0.15, 0.2) is 72.8 Å². The van der Waals surface area contributed by atoms with Crippen molar-refractivity contribution in [2.45, 2.75) is 51.1 Å². The Hall–Kier alpha value is -2.58. The first-order valence-electron chi connectivity index (χ1n) is 12.8. The van der Waals surface area contributed by atoms with Crippen LogP contribution in [0.3, 0.4) is 0 Å². The van der Waals surface area contributed by atoms with Crippen LogP contribution in [0.2, 0.25) is 0 Å². The van der Waals surface area contributed by atoms with Gasteiger partial charge in [0.25, 0.3) is 0 Å². The highest BCUT2D eigenvalue weighted by atomic mass is 16.7. The zero-order valence-corrected chi connectivity index (χ0v) is 20.8. The standard InChI is InChI=1S/C30H36N2O4/c1-20-28(18-32-13-12-27(34)17-32)35-30(36-29(20)23-10-8-21(19-33)9-11-23)26-7-3-6-25(15-26)24-5-2-4-22(14-24)16-31/h2-11,14-15,20,27-30,33-34H,12-13,16-19,31H2,1H3/t20-,27-,28+,29+,30+/m0/s1. The molecule has 0 amide bonds. The molecule has 2 fully saturated rings. The van der Waals surface area contributed by atoms with Crippen molar-refractivity contribution < 1.29 is 19.7 Å². The molecule has 5 rings (SSSR count). The molecule has 0 aromatic heterocycles. The molecule has 2 saturated heterocycles. The van der Waals surface area contributed by atoms with E-state index in [4.69, 9.17) is 15.2 Å². The van der Waals surface area contributed by atoms with Crippen molar-refractivity contribution in [3.63, 3.8) is 0 Å². The van der Waals surface area contributed by atoms with E-state index < -0.39 is 6.29 Å². The second-order valence-corrected chi connectivity index (χ2v) is 10.1. The number of aliphatic hydroxyl groups excluding tert-OH is 2. The van der Waals surface area contributed by atoms with Gasteiger partial charge in [0.1, 0.15) is 0 Å². The minimum Gasteiger partial charge on any atom is -0.392 e. The summed E-state index contributed by atoms with van der Waals surface area (Å²) in [4.78, 5) is 2.29. The SMILES string of the molecule is C[C@H]1[C@@H](CN2CC[C@H](O)C2)O[C@@H](c2cccc(-c3cccc(CN)c3)c2)O[C@H]1c1ccc(CO)cc1. The van der Waals surface area contributed by atoms with Gasteiger partial charge in [-0.05, 0) is 46.4 Å². The number of nitrogens with two attached hydrogens (primary N) is 1. The summed E-state index contributed by atoms with van der Waals surface area (Å²) in [7, 11) is 0. The van der Waals surface area contributed by atoms with Crippen molar-refractivity contribution in [3.8, 4) is 11.1 Å². The van der Waals surface area contributed by atoms with Crippen molar-refractivity contribution in [3.05, 3.63) is 95.1 Å². The van der Waals surface area contributed by atoms with E-state index in [1.165, 1.54) is 0 Å². The highest BCUT2D eigenvalue weighted by molar-refractivity contribution is 5.65. The Labute approximate surface area is 213 Å². The number of benzene rings is 3. The lowest BCUT2D eigenvalue weighted by Gasteiger charge is -2.42. The molecule has 0 aliphatic carbocycles. The molecule has 2 aliphatic heterocycles. The number of likely N-dealkylation sites (tertiary alicyclic amines) is 1.